The number of carbonyl (C=O) groups excluding carboxylic acids is 3. The normalized spacial score (nSPS) is 13.2. The molecule has 2 N–H and O–H groups in total. The van der Waals surface area contributed by atoms with Gasteiger partial charge in [0.05, 0.1) is 17.4 Å². The number of nitrogens with one attached hydrogen (secondary N) is 2. The SMILES string of the molecule is CCOC(=O)c1c(NC(=O)C(C)Sc2cn(CCNC(=O)c3ccccc3)c3ccccc23)sc2c1CCC2. The molecule has 2 amide bonds. The molecule has 202 valence electrons. The van der Waals surface area contributed by atoms with Crippen molar-refractivity contribution >= 4 is 56.8 Å². The molecule has 0 fully saturated rings. The Balaban J connectivity index is 1.27. The highest BCUT2D eigenvalue weighted by Crippen LogP contribution is 2.40. The van der Waals surface area contributed by atoms with Crippen molar-refractivity contribution in [3.8, 4) is 0 Å². The van der Waals surface area contributed by atoms with Gasteiger partial charge < -0.3 is 19.9 Å². The number of aromatic nitrogens is 1. The number of carbonyl (C=O) groups is 3. The lowest BCUT2D eigenvalue weighted by Gasteiger charge is -2.12. The standard InChI is InChI=1S/C30H31N3O4S2/c1-3-37-30(36)26-22-13-9-15-24(22)39-29(26)32-27(34)19(2)38-25-18-33(23-14-8-7-12-21(23)25)17-16-31-28(35)20-10-5-4-6-11-20/h4-8,10-12,14,18-19H,3,9,13,15-17H2,1-2H3,(H,31,35)(H,32,34). The fourth-order valence-corrected chi connectivity index (χ4v) is 7.16. The van der Waals surface area contributed by atoms with Crippen LogP contribution in [0.2, 0.25) is 0 Å². The number of hydrogen-bond donors (Lipinski definition) is 2. The molecular weight excluding hydrogens is 530 g/mol. The summed E-state index contributed by atoms with van der Waals surface area (Å²) < 4.78 is 7.40. The number of anilines is 1. The maximum atomic E-state index is 13.3. The molecule has 1 atom stereocenters. The smallest absolute Gasteiger partial charge is 0.341 e. The number of amides is 2. The molecule has 9 heteroatoms. The third kappa shape index (κ3) is 5.89. The number of esters is 1. The van der Waals surface area contributed by atoms with Gasteiger partial charge in [-0.3, -0.25) is 9.59 Å². The first-order chi connectivity index (χ1) is 19.0. The summed E-state index contributed by atoms with van der Waals surface area (Å²) >= 11 is 2.97. The van der Waals surface area contributed by atoms with E-state index in [1.807, 2.05) is 55.6 Å². The van der Waals surface area contributed by atoms with Crippen molar-refractivity contribution in [3.63, 3.8) is 0 Å². The Bertz CT molecular complexity index is 1510. The van der Waals surface area contributed by atoms with Crippen LogP contribution in [-0.4, -0.2) is 40.8 Å². The summed E-state index contributed by atoms with van der Waals surface area (Å²) in [4.78, 5) is 40.5. The zero-order valence-electron chi connectivity index (χ0n) is 22.0. The van der Waals surface area contributed by atoms with E-state index >= 15 is 0 Å². The van der Waals surface area contributed by atoms with Gasteiger partial charge in [-0.1, -0.05) is 36.4 Å². The van der Waals surface area contributed by atoms with E-state index in [1.165, 1.54) is 23.1 Å². The van der Waals surface area contributed by atoms with Crippen molar-refractivity contribution in [2.24, 2.45) is 0 Å². The average Bonchev–Trinajstić information content (AvgIpc) is 3.63. The first-order valence-electron chi connectivity index (χ1n) is 13.2. The lowest BCUT2D eigenvalue weighted by atomic mass is 10.1. The van der Waals surface area contributed by atoms with Crippen LogP contribution < -0.4 is 10.6 Å². The quantitative estimate of drug-likeness (QED) is 0.185. The molecule has 4 aromatic rings. The van der Waals surface area contributed by atoms with Crippen molar-refractivity contribution in [3.05, 3.63) is 82.4 Å². The van der Waals surface area contributed by atoms with Crippen LogP contribution in [0.3, 0.4) is 0 Å². The Morgan fingerprint density at radius 3 is 2.64 bits per heavy atom. The minimum absolute atomic E-state index is 0.103. The van der Waals surface area contributed by atoms with Gasteiger partial charge in [0.1, 0.15) is 5.00 Å². The predicted octanol–water partition coefficient (Wildman–Crippen LogP) is 5.92. The molecule has 2 aromatic heterocycles. The highest BCUT2D eigenvalue weighted by molar-refractivity contribution is 8.00. The molecule has 7 nitrogen and oxygen atoms in total. The van der Waals surface area contributed by atoms with Gasteiger partial charge in [-0.2, -0.15) is 0 Å². The maximum absolute atomic E-state index is 13.3. The summed E-state index contributed by atoms with van der Waals surface area (Å²) in [5, 5.41) is 7.25. The van der Waals surface area contributed by atoms with Gasteiger partial charge in [-0.15, -0.1) is 23.1 Å². The minimum Gasteiger partial charge on any atom is -0.462 e. The second-order valence-corrected chi connectivity index (χ2v) is 11.8. The second-order valence-electron chi connectivity index (χ2n) is 9.36. The van der Waals surface area contributed by atoms with Crippen LogP contribution >= 0.6 is 23.1 Å². The van der Waals surface area contributed by atoms with Crippen LogP contribution in [0.1, 0.15) is 51.4 Å². The lowest BCUT2D eigenvalue weighted by molar-refractivity contribution is -0.115. The van der Waals surface area contributed by atoms with Crippen molar-refractivity contribution in [2.75, 3.05) is 18.5 Å². The van der Waals surface area contributed by atoms with E-state index < -0.39 is 5.25 Å². The van der Waals surface area contributed by atoms with Crippen LogP contribution in [0.25, 0.3) is 10.9 Å². The summed E-state index contributed by atoms with van der Waals surface area (Å²) in [5.74, 6) is -0.624. The minimum atomic E-state index is -0.394. The first-order valence-corrected chi connectivity index (χ1v) is 14.9. The van der Waals surface area contributed by atoms with Crippen molar-refractivity contribution in [2.45, 2.75) is 49.8 Å². The molecule has 2 aromatic carbocycles. The van der Waals surface area contributed by atoms with Gasteiger partial charge in [-0.05, 0) is 56.9 Å². The van der Waals surface area contributed by atoms with Gasteiger partial charge in [0, 0.05) is 45.5 Å². The van der Waals surface area contributed by atoms with E-state index in [4.69, 9.17) is 4.74 Å². The molecule has 0 bridgehead atoms. The fourth-order valence-electron chi connectivity index (χ4n) is 4.84. The number of thiophene rings is 1. The Morgan fingerprint density at radius 2 is 1.85 bits per heavy atom. The monoisotopic (exact) mass is 561 g/mol. The largest absolute Gasteiger partial charge is 0.462 e. The zero-order valence-corrected chi connectivity index (χ0v) is 23.6. The maximum Gasteiger partial charge on any atom is 0.341 e. The van der Waals surface area contributed by atoms with Gasteiger partial charge in [-0.25, -0.2) is 4.79 Å². The van der Waals surface area contributed by atoms with E-state index in [1.54, 1.807) is 19.1 Å². The molecule has 5 rings (SSSR count). The number of hydrogen-bond acceptors (Lipinski definition) is 6. The van der Waals surface area contributed by atoms with Crippen LogP contribution in [0, 0.1) is 0 Å². The van der Waals surface area contributed by atoms with Crippen LogP contribution in [0.5, 0.6) is 0 Å². The number of para-hydroxylation sites is 1. The van der Waals surface area contributed by atoms with Crippen LogP contribution in [-0.2, 0) is 28.9 Å². The summed E-state index contributed by atoms with van der Waals surface area (Å²) in [6.07, 6.45) is 4.83. The van der Waals surface area contributed by atoms with Gasteiger partial charge >= 0.3 is 5.97 Å². The van der Waals surface area contributed by atoms with Crippen LogP contribution in [0.15, 0.2) is 65.7 Å². The fraction of sp³-hybridized carbons (Fsp3) is 0.300. The molecule has 39 heavy (non-hydrogen) atoms. The molecule has 2 heterocycles. The third-order valence-electron chi connectivity index (χ3n) is 6.74. The Hall–Kier alpha value is -3.56. The van der Waals surface area contributed by atoms with E-state index in [-0.39, 0.29) is 17.8 Å². The van der Waals surface area contributed by atoms with E-state index in [9.17, 15) is 14.4 Å². The lowest BCUT2D eigenvalue weighted by Crippen LogP contribution is -2.27. The number of nitrogens with zero attached hydrogens (tertiary/aromatic N) is 1. The molecular formula is C30H31N3O4S2. The summed E-state index contributed by atoms with van der Waals surface area (Å²) in [6, 6.07) is 17.2. The highest BCUT2D eigenvalue weighted by Gasteiger charge is 2.29. The van der Waals surface area contributed by atoms with Gasteiger partial charge in [0.25, 0.3) is 5.91 Å². The van der Waals surface area contributed by atoms with Crippen molar-refractivity contribution in [1.82, 2.24) is 9.88 Å². The van der Waals surface area contributed by atoms with Gasteiger partial charge in [0.2, 0.25) is 5.91 Å². The van der Waals surface area contributed by atoms with Gasteiger partial charge in [0.15, 0.2) is 0 Å². The van der Waals surface area contributed by atoms with E-state index in [2.05, 4.69) is 15.2 Å². The summed E-state index contributed by atoms with van der Waals surface area (Å²) in [5.41, 5.74) is 3.22. The molecule has 1 aliphatic carbocycles. The molecule has 1 aliphatic rings. The number of rotatable bonds is 10. The summed E-state index contributed by atoms with van der Waals surface area (Å²) in [6.45, 7) is 5.03. The van der Waals surface area contributed by atoms with E-state index in [0.29, 0.717) is 35.8 Å². The Labute approximate surface area is 235 Å². The Morgan fingerprint density at radius 1 is 1.08 bits per heavy atom. The zero-order chi connectivity index (χ0) is 27.4. The topological polar surface area (TPSA) is 89.4 Å². The molecule has 0 saturated carbocycles. The third-order valence-corrected chi connectivity index (χ3v) is 9.09. The second kappa shape index (κ2) is 12.1. The van der Waals surface area contributed by atoms with E-state index in [0.717, 1.165) is 45.5 Å². The number of fused-ring (bicyclic) bond motifs is 2. The predicted molar refractivity (Wildman–Crippen MR) is 157 cm³/mol. The molecule has 0 saturated heterocycles. The number of thioether (sulfide) groups is 1. The number of benzene rings is 2. The van der Waals surface area contributed by atoms with Crippen LogP contribution in [0.4, 0.5) is 5.00 Å². The van der Waals surface area contributed by atoms with Crippen molar-refractivity contribution in [1.29, 1.82) is 0 Å². The molecule has 0 radical (unpaired) electrons. The van der Waals surface area contributed by atoms with Crippen molar-refractivity contribution < 1.29 is 19.1 Å². The molecule has 0 aliphatic heterocycles. The number of aryl methyl sites for hydroxylation is 1. The Kier molecular flexibility index (Phi) is 8.38. The average molecular weight is 562 g/mol. The first kappa shape index (κ1) is 27.0. The number of ether oxygens (including phenoxy) is 1. The molecule has 1 unspecified atom stereocenters. The highest BCUT2D eigenvalue weighted by atomic mass is 32.2. The molecule has 0 spiro atoms. The summed E-state index contributed by atoms with van der Waals surface area (Å²) in [7, 11) is 0.